The van der Waals surface area contributed by atoms with Gasteiger partial charge < -0.3 is 0 Å². The minimum absolute atomic E-state index is 0.0490. The van der Waals surface area contributed by atoms with E-state index < -0.39 is 25.9 Å². The molecule has 1 aromatic rings. The number of thiophene rings is 1. The van der Waals surface area contributed by atoms with Gasteiger partial charge in [0.15, 0.2) is 9.84 Å². The van der Waals surface area contributed by atoms with Gasteiger partial charge in [-0.25, -0.2) is 21.6 Å². The van der Waals surface area contributed by atoms with Gasteiger partial charge in [0.25, 0.3) is 0 Å². The van der Waals surface area contributed by atoms with E-state index in [1.165, 1.54) is 0 Å². The number of halogens is 1. The molecule has 5 nitrogen and oxygen atoms in total. The molecular formula is C9H12BrNO4S3. The number of sulfone groups is 1. The maximum atomic E-state index is 12.0. The molecule has 1 aliphatic heterocycles. The molecule has 2 rings (SSSR count). The van der Waals surface area contributed by atoms with Crippen LogP contribution < -0.4 is 4.72 Å². The van der Waals surface area contributed by atoms with Gasteiger partial charge in [-0.05, 0) is 40.9 Å². The van der Waals surface area contributed by atoms with Crippen molar-refractivity contribution in [2.45, 2.75) is 23.6 Å². The summed E-state index contributed by atoms with van der Waals surface area (Å²) < 4.78 is 50.1. The Morgan fingerprint density at radius 2 is 2.17 bits per heavy atom. The summed E-state index contributed by atoms with van der Waals surface area (Å²) in [5, 5.41) is 0. The summed E-state index contributed by atoms with van der Waals surface area (Å²) in [4.78, 5) is 0. The lowest BCUT2D eigenvalue weighted by Gasteiger charge is -2.09. The highest BCUT2D eigenvalue weighted by atomic mass is 79.9. The Bertz CT molecular complexity index is 642. The van der Waals surface area contributed by atoms with Gasteiger partial charge in [0.05, 0.1) is 15.3 Å². The third kappa shape index (κ3) is 3.13. The largest absolute Gasteiger partial charge is 0.250 e. The minimum atomic E-state index is -3.62. The molecule has 2 heterocycles. The van der Waals surface area contributed by atoms with Gasteiger partial charge in [-0.2, -0.15) is 0 Å². The van der Waals surface area contributed by atoms with E-state index in [-0.39, 0.29) is 15.7 Å². The molecule has 1 atom stereocenters. The number of hydrogen-bond donors (Lipinski definition) is 1. The molecule has 9 heteroatoms. The molecule has 0 radical (unpaired) electrons. The van der Waals surface area contributed by atoms with Crippen LogP contribution in [0, 0.1) is 6.92 Å². The smallest absolute Gasteiger partial charge is 0.229 e. The summed E-state index contributed by atoms with van der Waals surface area (Å²) in [6.45, 7) is 1.81. The van der Waals surface area contributed by atoms with Gasteiger partial charge in [0.1, 0.15) is 4.21 Å². The average molecular weight is 374 g/mol. The van der Waals surface area contributed by atoms with Gasteiger partial charge in [-0.3, -0.25) is 0 Å². The van der Waals surface area contributed by atoms with E-state index in [1.807, 2.05) is 0 Å². The number of sulfonamides is 1. The Hall–Kier alpha value is 0.0400. The third-order valence-electron chi connectivity index (χ3n) is 2.65. The lowest BCUT2D eigenvalue weighted by molar-refractivity contribution is 0.564. The molecular weight excluding hydrogens is 362 g/mol. The summed E-state index contributed by atoms with van der Waals surface area (Å²) >= 11 is 4.39. The lowest BCUT2D eigenvalue weighted by Crippen LogP contribution is -2.35. The molecule has 18 heavy (non-hydrogen) atoms. The molecule has 1 aromatic heterocycles. The predicted molar refractivity (Wildman–Crippen MR) is 74.1 cm³/mol. The number of aryl methyl sites for hydroxylation is 1. The van der Waals surface area contributed by atoms with E-state index in [0.717, 1.165) is 20.7 Å². The molecule has 1 unspecified atom stereocenters. The van der Waals surface area contributed by atoms with Gasteiger partial charge in [-0.15, -0.1) is 11.3 Å². The van der Waals surface area contributed by atoms with Crippen LogP contribution in [0.25, 0.3) is 0 Å². The van der Waals surface area contributed by atoms with Crippen LogP contribution >= 0.6 is 27.3 Å². The van der Waals surface area contributed by atoms with Crippen molar-refractivity contribution in [3.63, 3.8) is 0 Å². The molecule has 0 amide bonds. The summed E-state index contributed by atoms with van der Waals surface area (Å²) in [7, 11) is -6.71. The highest BCUT2D eigenvalue weighted by Crippen LogP contribution is 2.30. The molecule has 1 saturated heterocycles. The van der Waals surface area contributed by atoms with Gasteiger partial charge >= 0.3 is 0 Å². The summed E-state index contributed by atoms with van der Waals surface area (Å²) in [5.74, 6) is -0.0644. The molecule has 1 N–H and O–H groups in total. The summed E-state index contributed by atoms with van der Waals surface area (Å²) in [6.07, 6.45) is 0.340. The Morgan fingerprint density at radius 1 is 1.50 bits per heavy atom. The van der Waals surface area contributed by atoms with Crippen LogP contribution in [0.5, 0.6) is 0 Å². The van der Waals surface area contributed by atoms with Crippen LogP contribution in [-0.4, -0.2) is 34.4 Å². The monoisotopic (exact) mass is 373 g/mol. The molecule has 0 bridgehead atoms. The Kier molecular flexibility index (Phi) is 3.90. The van der Waals surface area contributed by atoms with Crippen LogP contribution in [0.15, 0.2) is 14.1 Å². The van der Waals surface area contributed by atoms with Crippen molar-refractivity contribution < 1.29 is 16.8 Å². The van der Waals surface area contributed by atoms with Crippen molar-refractivity contribution >= 4 is 47.1 Å². The van der Waals surface area contributed by atoms with Crippen LogP contribution in [0.3, 0.4) is 0 Å². The van der Waals surface area contributed by atoms with Crippen molar-refractivity contribution in [1.82, 2.24) is 4.72 Å². The summed E-state index contributed by atoms with van der Waals surface area (Å²) in [6, 6.07) is 1.06. The third-order valence-corrected chi connectivity index (χ3v) is 8.55. The first kappa shape index (κ1) is 14.4. The van der Waals surface area contributed by atoms with Crippen molar-refractivity contribution in [2.24, 2.45) is 0 Å². The zero-order valence-electron chi connectivity index (χ0n) is 9.51. The predicted octanol–water partition coefficient (Wildman–Crippen LogP) is 1.28. The normalized spacial score (nSPS) is 23.3. The van der Waals surface area contributed by atoms with E-state index in [1.54, 1.807) is 13.0 Å². The van der Waals surface area contributed by atoms with Crippen molar-refractivity contribution in [1.29, 1.82) is 0 Å². The zero-order chi connectivity index (χ0) is 13.6. The lowest BCUT2D eigenvalue weighted by atomic mass is 10.3. The van der Waals surface area contributed by atoms with Gasteiger partial charge in [0.2, 0.25) is 10.0 Å². The molecule has 0 aliphatic carbocycles. The maximum absolute atomic E-state index is 12.0. The van der Waals surface area contributed by atoms with Crippen molar-refractivity contribution in [3.05, 3.63) is 15.4 Å². The number of hydrogen-bond acceptors (Lipinski definition) is 5. The maximum Gasteiger partial charge on any atom is 0.250 e. The van der Waals surface area contributed by atoms with Crippen LogP contribution in [0.2, 0.25) is 0 Å². The number of nitrogens with one attached hydrogen (secondary N) is 1. The van der Waals surface area contributed by atoms with Crippen molar-refractivity contribution in [2.75, 3.05) is 11.5 Å². The second-order valence-corrected chi connectivity index (χ2v) is 10.8. The SMILES string of the molecule is Cc1cc(S(=O)(=O)NC2CCS(=O)(=O)C2)sc1Br. The van der Waals surface area contributed by atoms with E-state index in [0.29, 0.717) is 6.42 Å². The quantitative estimate of drug-likeness (QED) is 0.865. The number of rotatable bonds is 3. The fourth-order valence-electron chi connectivity index (χ4n) is 1.73. The van der Waals surface area contributed by atoms with Crippen LogP contribution in [0.4, 0.5) is 0 Å². The second kappa shape index (κ2) is 4.86. The van der Waals surface area contributed by atoms with Gasteiger partial charge in [-0.1, -0.05) is 0 Å². The Balaban J connectivity index is 2.18. The fourth-order valence-corrected chi connectivity index (χ4v) is 7.02. The van der Waals surface area contributed by atoms with Crippen molar-refractivity contribution in [3.8, 4) is 0 Å². The topological polar surface area (TPSA) is 80.3 Å². The van der Waals surface area contributed by atoms with E-state index in [4.69, 9.17) is 0 Å². The highest BCUT2D eigenvalue weighted by Gasteiger charge is 2.32. The fraction of sp³-hybridized carbons (Fsp3) is 0.556. The Labute approximate surface area is 119 Å². The molecule has 0 aromatic carbocycles. The van der Waals surface area contributed by atoms with E-state index >= 15 is 0 Å². The first-order chi connectivity index (χ1) is 8.20. The van der Waals surface area contributed by atoms with Gasteiger partial charge in [0, 0.05) is 6.04 Å². The molecule has 0 saturated carbocycles. The second-order valence-electron chi connectivity index (χ2n) is 4.24. The van der Waals surface area contributed by atoms with E-state index in [2.05, 4.69) is 20.7 Å². The molecule has 102 valence electrons. The Morgan fingerprint density at radius 3 is 2.61 bits per heavy atom. The zero-order valence-corrected chi connectivity index (χ0v) is 13.5. The molecule has 0 spiro atoms. The first-order valence-corrected chi connectivity index (χ1v) is 10.1. The molecule has 1 fully saturated rings. The van der Waals surface area contributed by atoms with Crippen LogP contribution in [0.1, 0.15) is 12.0 Å². The highest BCUT2D eigenvalue weighted by molar-refractivity contribution is 9.11. The molecule has 1 aliphatic rings. The summed E-state index contributed by atoms with van der Waals surface area (Å²) in [5.41, 5.74) is 0.847. The van der Waals surface area contributed by atoms with Crippen LogP contribution in [-0.2, 0) is 19.9 Å². The average Bonchev–Trinajstić information content (AvgIpc) is 2.71. The standard InChI is InChI=1S/C9H12BrNO4S3/c1-6-4-8(16-9(6)10)18(14,15)11-7-2-3-17(12,13)5-7/h4,7,11H,2-3,5H2,1H3. The van der Waals surface area contributed by atoms with E-state index in [9.17, 15) is 16.8 Å². The minimum Gasteiger partial charge on any atom is -0.229 e. The first-order valence-electron chi connectivity index (χ1n) is 5.18.